The fraction of sp³-hybridized carbons (Fsp3) is 0.409. The lowest BCUT2D eigenvalue weighted by Gasteiger charge is -2.35. The van der Waals surface area contributed by atoms with Gasteiger partial charge in [-0.1, -0.05) is 24.3 Å². The second kappa shape index (κ2) is 10.3. The van der Waals surface area contributed by atoms with E-state index in [4.69, 9.17) is 0 Å². The van der Waals surface area contributed by atoms with Gasteiger partial charge in [0.25, 0.3) is 0 Å². The molecule has 1 aliphatic rings. The SMILES string of the molecule is Cc1cccc(N2CCN(S(=O)(=O)CC(=O)NC(C)c3cccc(OC(F)F)c3)CC2)c1. The van der Waals surface area contributed by atoms with Crippen molar-refractivity contribution in [2.45, 2.75) is 26.5 Å². The lowest BCUT2D eigenvalue weighted by Crippen LogP contribution is -2.50. The van der Waals surface area contributed by atoms with Crippen molar-refractivity contribution < 1.29 is 26.7 Å². The van der Waals surface area contributed by atoms with E-state index in [1.54, 1.807) is 13.0 Å². The molecule has 3 rings (SSSR count). The van der Waals surface area contributed by atoms with E-state index in [2.05, 4.69) is 21.0 Å². The van der Waals surface area contributed by atoms with Crippen molar-refractivity contribution >= 4 is 21.6 Å². The molecular formula is C22H27F2N3O4S. The summed E-state index contributed by atoms with van der Waals surface area (Å²) in [5.41, 5.74) is 2.71. The Morgan fingerprint density at radius 1 is 1.09 bits per heavy atom. The highest BCUT2D eigenvalue weighted by molar-refractivity contribution is 7.89. The molecule has 32 heavy (non-hydrogen) atoms. The molecule has 0 aromatic heterocycles. The van der Waals surface area contributed by atoms with Crippen LogP contribution in [0, 0.1) is 6.92 Å². The Kier molecular flexibility index (Phi) is 7.68. The van der Waals surface area contributed by atoms with Gasteiger partial charge in [0.05, 0.1) is 6.04 Å². The monoisotopic (exact) mass is 467 g/mol. The number of amides is 1. The quantitative estimate of drug-likeness (QED) is 0.646. The molecule has 1 unspecified atom stereocenters. The van der Waals surface area contributed by atoms with Crippen LogP contribution in [0.25, 0.3) is 0 Å². The van der Waals surface area contributed by atoms with Crippen molar-refractivity contribution in [1.29, 1.82) is 0 Å². The number of piperazine rings is 1. The molecule has 0 aliphatic carbocycles. The molecule has 1 atom stereocenters. The van der Waals surface area contributed by atoms with Crippen LogP contribution in [0.5, 0.6) is 5.75 Å². The third kappa shape index (κ3) is 6.39. The van der Waals surface area contributed by atoms with Gasteiger partial charge in [-0.15, -0.1) is 0 Å². The van der Waals surface area contributed by atoms with E-state index in [0.717, 1.165) is 11.3 Å². The minimum Gasteiger partial charge on any atom is -0.435 e. The van der Waals surface area contributed by atoms with Crippen LogP contribution in [0.3, 0.4) is 0 Å². The van der Waals surface area contributed by atoms with Gasteiger partial charge in [-0.2, -0.15) is 13.1 Å². The van der Waals surface area contributed by atoms with Gasteiger partial charge in [-0.05, 0) is 49.2 Å². The Labute approximate surface area is 187 Å². The number of ether oxygens (including phenoxy) is 1. The molecule has 0 bridgehead atoms. The summed E-state index contributed by atoms with van der Waals surface area (Å²) in [5, 5.41) is 2.61. The van der Waals surface area contributed by atoms with Gasteiger partial charge in [-0.25, -0.2) is 8.42 Å². The van der Waals surface area contributed by atoms with Gasteiger partial charge in [0.15, 0.2) is 0 Å². The predicted molar refractivity (Wildman–Crippen MR) is 118 cm³/mol. The Morgan fingerprint density at radius 3 is 2.44 bits per heavy atom. The van der Waals surface area contributed by atoms with Gasteiger partial charge in [0.1, 0.15) is 11.5 Å². The zero-order chi connectivity index (χ0) is 23.3. The number of benzene rings is 2. The van der Waals surface area contributed by atoms with E-state index >= 15 is 0 Å². The number of anilines is 1. The predicted octanol–water partition coefficient (Wildman–Crippen LogP) is 2.93. The summed E-state index contributed by atoms with van der Waals surface area (Å²) in [7, 11) is -3.78. The van der Waals surface area contributed by atoms with Crippen LogP contribution in [0.2, 0.25) is 0 Å². The minimum atomic E-state index is -3.78. The third-order valence-electron chi connectivity index (χ3n) is 5.27. The lowest BCUT2D eigenvalue weighted by atomic mass is 10.1. The van der Waals surface area contributed by atoms with Crippen LogP contribution in [0.15, 0.2) is 48.5 Å². The summed E-state index contributed by atoms with van der Waals surface area (Å²) in [5.74, 6) is -1.36. The van der Waals surface area contributed by atoms with E-state index in [0.29, 0.717) is 31.7 Å². The fourth-order valence-electron chi connectivity index (χ4n) is 3.63. The maximum Gasteiger partial charge on any atom is 0.387 e. The normalized spacial score (nSPS) is 16.1. The number of alkyl halides is 2. The van der Waals surface area contributed by atoms with E-state index in [9.17, 15) is 22.0 Å². The van der Waals surface area contributed by atoms with Crippen LogP contribution in [-0.4, -0.2) is 57.2 Å². The first-order chi connectivity index (χ1) is 15.1. The average Bonchev–Trinajstić information content (AvgIpc) is 2.73. The highest BCUT2D eigenvalue weighted by Gasteiger charge is 2.29. The summed E-state index contributed by atoms with van der Waals surface area (Å²) in [4.78, 5) is 14.5. The summed E-state index contributed by atoms with van der Waals surface area (Å²) in [6, 6.07) is 13.4. The molecule has 1 aliphatic heterocycles. The molecule has 174 valence electrons. The Bertz CT molecular complexity index is 1040. The summed E-state index contributed by atoms with van der Waals surface area (Å²) >= 11 is 0. The molecule has 0 radical (unpaired) electrons. The van der Waals surface area contributed by atoms with Crippen molar-refractivity contribution in [2.75, 3.05) is 36.8 Å². The Morgan fingerprint density at radius 2 is 1.78 bits per heavy atom. The number of hydrogen-bond acceptors (Lipinski definition) is 5. The van der Waals surface area contributed by atoms with Crippen molar-refractivity contribution in [3.05, 3.63) is 59.7 Å². The maximum atomic E-state index is 12.7. The molecule has 1 amide bonds. The largest absolute Gasteiger partial charge is 0.435 e. The summed E-state index contributed by atoms with van der Waals surface area (Å²) in [6.45, 7) is 2.37. The van der Waals surface area contributed by atoms with Crippen LogP contribution in [-0.2, 0) is 14.8 Å². The highest BCUT2D eigenvalue weighted by Crippen LogP contribution is 2.21. The fourth-order valence-corrected chi connectivity index (χ4v) is 4.95. The van der Waals surface area contributed by atoms with Gasteiger partial charge in [-0.3, -0.25) is 4.79 Å². The zero-order valence-electron chi connectivity index (χ0n) is 18.0. The van der Waals surface area contributed by atoms with Crippen LogP contribution >= 0.6 is 0 Å². The van der Waals surface area contributed by atoms with E-state index in [1.165, 1.54) is 22.5 Å². The van der Waals surface area contributed by atoms with Crippen LogP contribution in [0.1, 0.15) is 24.1 Å². The molecule has 10 heteroatoms. The first-order valence-electron chi connectivity index (χ1n) is 10.3. The number of carbonyl (C=O) groups excluding carboxylic acids is 1. The first-order valence-corrected chi connectivity index (χ1v) is 11.9. The molecule has 2 aromatic rings. The van der Waals surface area contributed by atoms with Crippen molar-refractivity contribution in [1.82, 2.24) is 9.62 Å². The number of rotatable bonds is 8. The van der Waals surface area contributed by atoms with Crippen LogP contribution < -0.4 is 15.0 Å². The summed E-state index contributed by atoms with van der Waals surface area (Å²) < 4.78 is 56.0. The molecule has 1 N–H and O–H groups in total. The van der Waals surface area contributed by atoms with Gasteiger partial charge in [0, 0.05) is 31.9 Å². The average molecular weight is 468 g/mol. The van der Waals surface area contributed by atoms with E-state index in [1.807, 2.05) is 25.1 Å². The first kappa shape index (κ1) is 23.9. The number of aryl methyl sites for hydroxylation is 1. The standard InChI is InChI=1S/C22H27F2N3O4S/c1-16-5-3-7-19(13-16)26-9-11-27(12-10-26)32(29,30)15-21(28)25-17(2)18-6-4-8-20(14-18)31-22(23)24/h3-8,13-14,17,22H,9-12,15H2,1-2H3,(H,25,28). The molecular weight excluding hydrogens is 440 g/mol. The molecule has 1 saturated heterocycles. The third-order valence-corrected chi connectivity index (χ3v) is 7.05. The van der Waals surface area contributed by atoms with Crippen LogP contribution in [0.4, 0.5) is 14.5 Å². The lowest BCUT2D eigenvalue weighted by molar-refractivity contribution is -0.119. The van der Waals surface area contributed by atoms with E-state index < -0.39 is 34.3 Å². The van der Waals surface area contributed by atoms with E-state index in [-0.39, 0.29) is 5.75 Å². The van der Waals surface area contributed by atoms with Gasteiger partial charge in [0.2, 0.25) is 15.9 Å². The van der Waals surface area contributed by atoms with Crippen molar-refractivity contribution in [2.24, 2.45) is 0 Å². The number of nitrogens with zero attached hydrogens (tertiary/aromatic N) is 2. The molecule has 1 fully saturated rings. The number of nitrogens with one attached hydrogen (secondary N) is 1. The minimum absolute atomic E-state index is 0.0299. The number of hydrogen-bond donors (Lipinski definition) is 1. The number of sulfonamides is 1. The molecule has 7 nitrogen and oxygen atoms in total. The maximum absolute atomic E-state index is 12.7. The summed E-state index contributed by atoms with van der Waals surface area (Å²) in [6.07, 6.45) is 0. The van der Waals surface area contributed by atoms with Crippen molar-refractivity contribution in [3.63, 3.8) is 0 Å². The van der Waals surface area contributed by atoms with Crippen molar-refractivity contribution in [3.8, 4) is 5.75 Å². The van der Waals surface area contributed by atoms with Gasteiger partial charge < -0.3 is 15.0 Å². The molecule has 2 aromatic carbocycles. The zero-order valence-corrected chi connectivity index (χ0v) is 18.8. The van der Waals surface area contributed by atoms with Gasteiger partial charge >= 0.3 is 6.61 Å². The Balaban J connectivity index is 1.54. The topological polar surface area (TPSA) is 79.0 Å². The number of carbonyl (C=O) groups is 1. The molecule has 0 saturated carbocycles. The molecule has 0 spiro atoms. The highest BCUT2D eigenvalue weighted by atomic mass is 32.2. The molecule has 1 heterocycles. The second-order valence-electron chi connectivity index (χ2n) is 7.72. The number of halogens is 2. The second-order valence-corrected chi connectivity index (χ2v) is 9.69. The smallest absolute Gasteiger partial charge is 0.387 e. The Hall–Kier alpha value is -2.72.